The first-order valence-electron chi connectivity index (χ1n) is 5.71. The lowest BCUT2D eigenvalue weighted by Gasteiger charge is -2.32. The van der Waals surface area contributed by atoms with Crippen LogP contribution in [0.25, 0.3) is 0 Å². The van der Waals surface area contributed by atoms with E-state index in [-0.39, 0.29) is 17.2 Å². The molecule has 2 unspecified atom stereocenters. The highest BCUT2D eigenvalue weighted by atomic mass is 16.3. The number of amides is 1. The molecule has 1 aliphatic rings. The molecule has 3 nitrogen and oxygen atoms in total. The third-order valence-electron chi connectivity index (χ3n) is 3.07. The summed E-state index contributed by atoms with van der Waals surface area (Å²) in [5.41, 5.74) is -0.0131. The van der Waals surface area contributed by atoms with Gasteiger partial charge in [0, 0.05) is 18.9 Å². The van der Waals surface area contributed by atoms with E-state index in [1.165, 1.54) is 0 Å². The summed E-state index contributed by atoms with van der Waals surface area (Å²) in [5.74, 6) is 0.558. The van der Waals surface area contributed by atoms with Gasteiger partial charge >= 0.3 is 0 Å². The van der Waals surface area contributed by atoms with Crippen molar-refractivity contribution in [3.8, 4) is 0 Å². The van der Waals surface area contributed by atoms with Gasteiger partial charge < -0.3 is 10.0 Å². The van der Waals surface area contributed by atoms with Gasteiger partial charge in [-0.25, -0.2) is 0 Å². The zero-order valence-corrected chi connectivity index (χ0v) is 10.4. The van der Waals surface area contributed by atoms with Crippen LogP contribution in [0, 0.1) is 17.3 Å². The summed E-state index contributed by atoms with van der Waals surface area (Å²) in [6.07, 6.45) is -0.114. The van der Waals surface area contributed by atoms with E-state index in [1.807, 2.05) is 0 Å². The summed E-state index contributed by atoms with van der Waals surface area (Å²) < 4.78 is 0. The van der Waals surface area contributed by atoms with Crippen molar-refractivity contribution in [3.63, 3.8) is 0 Å². The molecule has 0 spiro atoms. The maximum absolute atomic E-state index is 11.7. The lowest BCUT2D eigenvalue weighted by molar-refractivity contribution is -0.134. The second-order valence-electron chi connectivity index (χ2n) is 6.03. The number of rotatable bonds is 2. The number of nitrogens with zero attached hydrogens (tertiary/aromatic N) is 1. The van der Waals surface area contributed by atoms with Crippen LogP contribution in [0.3, 0.4) is 0 Å². The molecule has 0 bridgehead atoms. The molecule has 0 radical (unpaired) electrons. The molecule has 0 aromatic rings. The second kappa shape index (κ2) is 4.12. The Morgan fingerprint density at radius 3 is 2.33 bits per heavy atom. The molecule has 2 atom stereocenters. The monoisotopic (exact) mass is 213 g/mol. The molecule has 1 rings (SSSR count). The van der Waals surface area contributed by atoms with Crippen molar-refractivity contribution in [2.75, 3.05) is 6.54 Å². The standard InChI is InChI=1S/C12H23NO2/c1-8(2)7-13-10(14)6-9(11(13)15)12(3,4)5/h8-9,11,15H,6-7H2,1-5H3. The number of aliphatic hydroxyl groups is 1. The van der Waals surface area contributed by atoms with Gasteiger partial charge in [-0.3, -0.25) is 4.79 Å². The van der Waals surface area contributed by atoms with E-state index in [1.54, 1.807) is 4.90 Å². The molecule has 0 aromatic heterocycles. The number of carbonyl (C=O) groups excluding carboxylic acids is 1. The Kier molecular flexibility index (Phi) is 3.44. The minimum absolute atomic E-state index is 0.0131. The molecule has 15 heavy (non-hydrogen) atoms. The Bertz CT molecular complexity index is 242. The van der Waals surface area contributed by atoms with Crippen LogP contribution in [-0.4, -0.2) is 28.7 Å². The third-order valence-corrected chi connectivity index (χ3v) is 3.07. The van der Waals surface area contributed by atoms with E-state index in [0.717, 1.165) is 0 Å². The normalized spacial score (nSPS) is 27.9. The van der Waals surface area contributed by atoms with Gasteiger partial charge in [-0.2, -0.15) is 0 Å². The maximum atomic E-state index is 11.7. The molecule has 1 fully saturated rings. The Morgan fingerprint density at radius 2 is 2.00 bits per heavy atom. The topological polar surface area (TPSA) is 40.5 Å². The largest absolute Gasteiger partial charge is 0.373 e. The summed E-state index contributed by atoms with van der Waals surface area (Å²) in [7, 11) is 0. The van der Waals surface area contributed by atoms with Crippen LogP contribution in [0.5, 0.6) is 0 Å². The first-order chi connectivity index (χ1) is 6.73. The molecule has 0 aromatic carbocycles. The predicted octanol–water partition coefficient (Wildman–Crippen LogP) is 1.86. The summed E-state index contributed by atoms with van der Waals surface area (Å²) in [6, 6.07) is 0. The first-order valence-corrected chi connectivity index (χ1v) is 5.71. The smallest absolute Gasteiger partial charge is 0.225 e. The average molecular weight is 213 g/mol. The van der Waals surface area contributed by atoms with Gasteiger partial charge in [0.1, 0.15) is 6.23 Å². The van der Waals surface area contributed by atoms with E-state index in [0.29, 0.717) is 18.9 Å². The van der Waals surface area contributed by atoms with Crippen LogP contribution in [0.2, 0.25) is 0 Å². The predicted molar refractivity (Wildman–Crippen MR) is 60.1 cm³/mol. The van der Waals surface area contributed by atoms with Crippen molar-refractivity contribution < 1.29 is 9.90 Å². The van der Waals surface area contributed by atoms with Crippen LogP contribution >= 0.6 is 0 Å². The first kappa shape index (κ1) is 12.5. The van der Waals surface area contributed by atoms with Gasteiger partial charge in [0.05, 0.1) is 0 Å². The Labute approximate surface area is 92.5 Å². The van der Waals surface area contributed by atoms with Crippen LogP contribution in [0.1, 0.15) is 41.0 Å². The van der Waals surface area contributed by atoms with E-state index in [4.69, 9.17) is 0 Å². The van der Waals surface area contributed by atoms with Crippen molar-refractivity contribution in [2.45, 2.75) is 47.3 Å². The van der Waals surface area contributed by atoms with Crippen molar-refractivity contribution >= 4 is 5.91 Å². The number of carbonyl (C=O) groups is 1. The zero-order chi connectivity index (χ0) is 11.8. The van der Waals surface area contributed by atoms with E-state index >= 15 is 0 Å². The minimum atomic E-state index is -0.597. The molecular weight excluding hydrogens is 190 g/mol. The number of hydrogen-bond donors (Lipinski definition) is 1. The molecule has 1 heterocycles. The van der Waals surface area contributed by atoms with Gasteiger partial charge in [-0.1, -0.05) is 34.6 Å². The van der Waals surface area contributed by atoms with E-state index in [2.05, 4.69) is 34.6 Å². The van der Waals surface area contributed by atoms with Crippen LogP contribution < -0.4 is 0 Å². The van der Waals surface area contributed by atoms with Gasteiger partial charge in [-0.15, -0.1) is 0 Å². The molecule has 1 aliphatic heterocycles. The lowest BCUT2D eigenvalue weighted by Crippen LogP contribution is -2.40. The summed E-state index contributed by atoms with van der Waals surface area (Å²) in [4.78, 5) is 13.4. The minimum Gasteiger partial charge on any atom is -0.373 e. The van der Waals surface area contributed by atoms with Gasteiger partial charge in [0.25, 0.3) is 0 Å². The van der Waals surface area contributed by atoms with Crippen molar-refractivity contribution in [3.05, 3.63) is 0 Å². The van der Waals surface area contributed by atoms with Crippen molar-refractivity contribution in [2.24, 2.45) is 17.3 Å². The molecule has 1 N–H and O–H groups in total. The SMILES string of the molecule is CC(C)CN1C(=O)CC(C(C)(C)C)C1O. The highest BCUT2D eigenvalue weighted by Crippen LogP contribution is 2.38. The molecule has 0 aliphatic carbocycles. The molecule has 1 amide bonds. The van der Waals surface area contributed by atoms with Gasteiger partial charge in [-0.05, 0) is 11.3 Å². The van der Waals surface area contributed by atoms with Gasteiger partial charge in [0.2, 0.25) is 5.91 Å². The molecular formula is C12H23NO2. The number of aliphatic hydroxyl groups excluding tert-OH is 1. The Balaban J connectivity index is 2.75. The fraction of sp³-hybridized carbons (Fsp3) is 0.917. The second-order valence-corrected chi connectivity index (χ2v) is 6.03. The Morgan fingerprint density at radius 1 is 1.47 bits per heavy atom. The van der Waals surface area contributed by atoms with Crippen LogP contribution in [-0.2, 0) is 4.79 Å². The third kappa shape index (κ3) is 2.71. The molecule has 0 saturated carbocycles. The van der Waals surface area contributed by atoms with E-state index in [9.17, 15) is 9.90 Å². The highest BCUT2D eigenvalue weighted by Gasteiger charge is 2.44. The highest BCUT2D eigenvalue weighted by molar-refractivity contribution is 5.79. The lowest BCUT2D eigenvalue weighted by atomic mass is 9.79. The quantitative estimate of drug-likeness (QED) is 0.760. The fourth-order valence-electron chi connectivity index (χ4n) is 2.13. The fourth-order valence-corrected chi connectivity index (χ4v) is 2.13. The van der Waals surface area contributed by atoms with E-state index < -0.39 is 6.23 Å². The summed E-state index contributed by atoms with van der Waals surface area (Å²) in [6.45, 7) is 11.0. The number of likely N-dealkylation sites (tertiary alicyclic amines) is 1. The molecule has 1 saturated heterocycles. The zero-order valence-electron chi connectivity index (χ0n) is 10.4. The average Bonchev–Trinajstić information content (AvgIpc) is 2.30. The van der Waals surface area contributed by atoms with Crippen molar-refractivity contribution in [1.82, 2.24) is 4.90 Å². The molecule has 3 heteroatoms. The Hall–Kier alpha value is -0.570. The summed E-state index contributed by atoms with van der Waals surface area (Å²) >= 11 is 0. The van der Waals surface area contributed by atoms with Crippen molar-refractivity contribution in [1.29, 1.82) is 0 Å². The number of hydrogen-bond acceptors (Lipinski definition) is 2. The van der Waals surface area contributed by atoms with Crippen LogP contribution in [0.15, 0.2) is 0 Å². The van der Waals surface area contributed by atoms with Crippen LogP contribution in [0.4, 0.5) is 0 Å². The van der Waals surface area contributed by atoms with Gasteiger partial charge in [0.15, 0.2) is 0 Å². The molecule has 88 valence electrons. The summed E-state index contributed by atoms with van der Waals surface area (Å²) in [5, 5.41) is 10.1. The maximum Gasteiger partial charge on any atom is 0.225 e.